The molecule has 0 spiro atoms. The van der Waals surface area contributed by atoms with Crippen molar-refractivity contribution in [1.82, 2.24) is 49.4 Å². The second kappa shape index (κ2) is 39.4. The predicted octanol–water partition coefficient (Wildman–Crippen LogP) is -0.577. The SMILES string of the molecule is CC(C)CNCC(=O)N(CC(C)C)C[C@@H](O)N(CC(=O)N(CC(C)O)CC(C)N(CC(=O)N(CC(C)C)CC(O)N(CC(=O)N(CC(=O)N(CC(=O)N(CC(N)=O)CC(C)C)CC(C)C)CC(C)O)CC(C)O)CC(C)C)CC(C)O. The summed E-state index contributed by atoms with van der Waals surface area (Å²) in [5.74, 6) is -3.26. The molecule has 0 aliphatic heterocycles. The van der Waals surface area contributed by atoms with Crippen molar-refractivity contribution in [1.29, 1.82) is 0 Å². The maximum Gasteiger partial charge on any atom is 0.242 e. The minimum absolute atomic E-state index is 0.00215. The highest BCUT2D eigenvalue weighted by molar-refractivity contribution is 5.90. The number of amides is 7. The van der Waals surface area contributed by atoms with E-state index in [2.05, 4.69) is 5.32 Å². The molecule has 24 heteroatoms. The van der Waals surface area contributed by atoms with Gasteiger partial charge in [-0.3, -0.25) is 48.3 Å². The summed E-state index contributed by atoms with van der Waals surface area (Å²) in [6.07, 6.45) is -6.87. The van der Waals surface area contributed by atoms with E-state index in [9.17, 15) is 64.2 Å². The average molecular weight is 1160 g/mol. The molecule has 0 radical (unpaired) electrons. The molecule has 6 unspecified atom stereocenters. The van der Waals surface area contributed by atoms with Crippen LogP contribution in [0.15, 0.2) is 0 Å². The van der Waals surface area contributed by atoms with Crippen LogP contribution in [0.2, 0.25) is 0 Å². The molecule has 474 valence electrons. The van der Waals surface area contributed by atoms with Gasteiger partial charge in [0.25, 0.3) is 0 Å². The number of aliphatic hydroxyl groups excluding tert-OH is 6. The lowest BCUT2D eigenvalue weighted by atomic mass is 10.1. The van der Waals surface area contributed by atoms with E-state index >= 15 is 0 Å². The van der Waals surface area contributed by atoms with E-state index in [0.717, 1.165) is 4.90 Å². The van der Waals surface area contributed by atoms with E-state index in [1.54, 1.807) is 11.8 Å². The summed E-state index contributed by atoms with van der Waals surface area (Å²) in [5.41, 5.74) is 5.44. The van der Waals surface area contributed by atoms with Gasteiger partial charge >= 0.3 is 0 Å². The van der Waals surface area contributed by atoms with Crippen LogP contribution in [0.3, 0.4) is 0 Å². The molecule has 0 bridgehead atoms. The number of carbonyl (C=O) groups is 7. The zero-order chi connectivity index (χ0) is 62.6. The van der Waals surface area contributed by atoms with Gasteiger partial charge in [-0.15, -0.1) is 0 Å². The molecule has 81 heavy (non-hydrogen) atoms. The molecule has 7 amide bonds. The maximum absolute atomic E-state index is 14.6. The molecular weight excluding hydrogens is 1050 g/mol. The van der Waals surface area contributed by atoms with E-state index in [4.69, 9.17) is 5.73 Å². The topological polar surface area (TPSA) is 308 Å². The van der Waals surface area contributed by atoms with Crippen LogP contribution in [-0.2, 0) is 33.6 Å². The van der Waals surface area contributed by atoms with Crippen LogP contribution in [0.25, 0.3) is 0 Å². The van der Waals surface area contributed by atoms with Crippen LogP contribution in [0.1, 0.15) is 118 Å². The summed E-state index contributed by atoms with van der Waals surface area (Å²) in [7, 11) is 0. The number of rotatable bonds is 43. The van der Waals surface area contributed by atoms with Crippen LogP contribution in [0, 0.1) is 35.5 Å². The van der Waals surface area contributed by atoms with Gasteiger partial charge in [-0.2, -0.15) is 0 Å². The van der Waals surface area contributed by atoms with Crippen LogP contribution in [0.4, 0.5) is 0 Å². The molecule has 9 N–H and O–H groups in total. The lowest BCUT2D eigenvalue weighted by Crippen LogP contribution is -2.56. The molecule has 0 saturated carbocycles. The number of nitrogens with zero attached hydrogens (tertiary/aromatic N) is 9. The number of nitrogens with one attached hydrogen (secondary N) is 1. The Balaban J connectivity index is 6.78. The maximum atomic E-state index is 14.6. The number of nitrogens with two attached hydrogens (primary N) is 1. The first kappa shape index (κ1) is 76.9. The fourth-order valence-corrected chi connectivity index (χ4v) is 9.31. The molecule has 0 aliphatic rings. The second-order valence-electron chi connectivity index (χ2n) is 25.2. The molecule has 24 nitrogen and oxygen atoms in total. The van der Waals surface area contributed by atoms with Crippen LogP contribution in [-0.4, -0.2) is 290 Å². The molecule has 0 aliphatic carbocycles. The van der Waals surface area contributed by atoms with Crippen molar-refractivity contribution in [3.8, 4) is 0 Å². The zero-order valence-electron chi connectivity index (χ0n) is 52.8. The number of aliphatic hydroxyl groups is 6. The largest absolute Gasteiger partial charge is 0.392 e. The van der Waals surface area contributed by atoms with Crippen LogP contribution < -0.4 is 11.1 Å². The Morgan fingerprint density at radius 3 is 0.975 bits per heavy atom. The minimum atomic E-state index is -1.50. The van der Waals surface area contributed by atoms with Crippen LogP contribution in [0.5, 0.6) is 0 Å². The van der Waals surface area contributed by atoms with E-state index in [-0.39, 0.29) is 140 Å². The van der Waals surface area contributed by atoms with E-state index in [1.165, 1.54) is 50.2 Å². The fourth-order valence-electron chi connectivity index (χ4n) is 9.31. The van der Waals surface area contributed by atoms with E-state index < -0.39 is 85.5 Å². The molecule has 0 heterocycles. The number of carbonyl (C=O) groups excluding carboxylic acids is 7. The summed E-state index contributed by atoms with van der Waals surface area (Å²) >= 11 is 0. The minimum Gasteiger partial charge on any atom is -0.392 e. The van der Waals surface area contributed by atoms with Gasteiger partial charge in [-0.05, 0) is 76.7 Å². The van der Waals surface area contributed by atoms with Gasteiger partial charge in [0, 0.05) is 71.5 Å². The lowest BCUT2D eigenvalue weighted by Gasteiger charge is -2.38. The molecule has 0 rings (SSSR count). The third-order valence-electron chi connectivity index (χ3n) is 12.6. The predicted molar refractivity (Wildman–Crippen MR) is 313 cm³/mol. The van der Waals surface area contributed by atoms with Gasteiger partial charge in [0.1, 0.15) is 12.5 Å². The van der Waals surface area contributed by atoms with Crippen molar-refractivity contribution in [2.75, 3.05) is 131 Å². The molecule has 0 aromatic rings. The van der Waals surface area contributed by atoms with Gasteiger partial charge < -0.3 is 71.1 Å². The van der Waals surface area contributed by atoms with Gasteiger partial charge in [0.15, 0.2) is 0 Å². The average Bonchev–Trinajstić information content (AvgIpc) is 3.30. The molecule has 0 aromatic heterocycles. The third kappa shape index (κ3) is 34.3. The molecule has 0 fully saturated rings. The molecular formula is C57H113N11O13. The Morgan fingerprint density at radius 2 is 0.617 bits per heavy atom. The molecule has 7 atom stereocenters. The summed E-state index contributed by atoms with van der Waals surface area (Å²) in [6.45, 7) is 29.8. The van der Waals surface area contributed by atoms with E-state index in [1.807, 2.05) is 94.9 Å². The smallest absolute Gasteiger partial charge is 0.242 e. The summed E-state index contributed by atoms with van der Waals surface area (Å²) in [6, 6.07) is -0.479. The highest BCUT2D eigenvalue weighted by Gasteiger charge is 2.34. The van der Waals surface area contributed by atoms with Crippen molar-refractivity contribution in [2.24, 2.45) is 41.2 Å². The Bertz CT molecular complexity index is 1860. The Labute approximate surface area is 486 Å². The first-order valence-corrected chi connectivity index (χ1v) is 29.4. The highest BCUT2D eigenvalue weighted by Crippen LogP contribution is 2.15. The van der Waals surface area contributed by atoms with Crippen molar-refractivity contribution in [3.05, 3.63) is 0 Å². The van der Waals surface area contributed by atoms with Crippen molar-refractivity contribution in [3.63, 3.8) is 0 Å². The summed E-state index contributed by atoms with van der Waals surface area (Å²) in [4.78, 5) is 109. The number of hydrogen-bond acceptors (Lipinski definition) is 17. The third-order valence-corrected chi connectivity index (χ3v) is 12.6. The van der Waals surface area contributed by atoms with Gasteiger partial charge in [0.05, 0.1) is 83.3 Å². The van der Waals surface area contributed by atoms with Gasteiger partial charge in [0.2, 0.25) is 41.4 Å². The van der Waals surface area contributed by atoms with Gasteiger partial charge in [-0.1, -0.05) is 83.1 Å². The highest BCUT2D eigenvalue weighted by atomic mass is 16.3. The molecule has 0 saturated heterocycles. The van der Waals surface area contributed by atoms with Gasteiger partial charge in [-0.25, -0.2) is 0 Å². The van der Waals surface area contributed by atoms with Crippen molar-refractivity contribution >= 4 is 41.4 Å². The summed E-state index contributed by atoms with van der Waals surface area (Å²) in [5, 5.41) is 69.1. The Kier molecular flexibility index (Phi) is 37.4. The number of primary amides is 1. The Morgan fingerprint density at radius 1 is 0.321 bits per heavy atom. The lowest BCUT2D eigenvalue weighted by molar-refractivity contribution is -0.148. The first-order chi connectivity index (χ1) is 37.4. The second-order valence-corrected chi connectivity index (χ2v) is 25.2. The normalized spacial score (nSPS) is 14.7. The standard InChI is InChI=1S/C57H113N11O13/c1-38(2)18-59-19-50(74)62(22-41(7)8)32-55(79)67(28-47(16)71)36-54(78)65(26-45(14)69)25-44(13)60(20-39(3)4)31-51(75)63(23-42(9)10)34-56(80)68(29-48(17)72)37-57(81)66(27-46(15)70)35-53(77)64(24-43(11)12)33-52(76)61(21-40(5)6)30-49(58)73/h38-48,55-56,59,69-72,79-80H,18-37H2,1-17H3,(H2,58,73)/t44?,45?,46?,47?,48?,55-,56?/m1/s1. The number of hydrogen-bond donors (Lipinski definition) is 8. The quantitative estimate of drug-likeness (QED) is 0.0355. The zero-order valence-corrected chi connectivity index (χ0v) is 52.8. The first-order valence-electron chi connectivity index (χ1n) is 29.4. The van der Waals surface area contributed by atoms with Crippen molar-refractivity contribution in [2.45, 2.75) is 161 Å². The monoisotopic (exact) mass is 1160 g/mol. The summed E-state index contributed by atoms with van der Waals surface area (Å²) < 4.78 is 0. The van der Waals surface area contributed by atoms with Crippen LogP contribution >= 0.6 is 0 Å². The Hall–Kier alpha value is -4.11. The van der Waals surface area contributed by atoms with E-state index in [0.29, 0.717) is 25.6 Å². The molecule has 0 aromatic carbocycles. The fraction of sp³-hybridized carbons (Fsp3) is 0.877. The van der Waals surface area contributed by atoms with Crippen molar-refractivity contribution < 1.29 is 64.2 Å².